The van der Waals surface area contributed by atoms with Crippen molar-refractivity contribution in [2.45, 2.75) is 45.2 Å². The standard InChI is InChI=1S/C20H24N6O/c1-15-12-18(23-22-15)20(27)26-11-5-8-17(26)9-10-19-24-21-14-25(19)13-16-6-3-2-4-7-16/h2-4,6-7,12,14,17H,5,8-11,13H2,1H3,(H,22,23). The van der Waals surface area contributed by atoms with Crippen LogP contribution in [0.15, 0.2) is 42.7 Å². The number of nitrogens with one attached hydrogen (secondary N) is 1. The van der Waals surface area contributed by atoms with Crippen LogP contribution in [0.4, 0.5) is 0 Å². The summed E-state index contributed by atoms with van der Waals surface area (Å²) >= 11 is 0. The molecular formula is C20H24N6O. The van der Waals surface area contributed by atoms with Gasteiger partial charge in [0.05, 0.1) is 6.54 Å². The smallest absolute Gasteiger partial charge is 0.274 e. The van der Waals surface area contributed by atoms with Gasteiger partial charge in [0, 0.05) is 24.7 Å². The molecule has 1 atom stereocenters. The number of amides is 1. The Labute approximate surface area is 158 Å². The molecular weight excluding hydrogens is 340 g/mol. The fourth-order valence-corrected chi connectivity index (χ4v) is 3.76. The number of hydrogen-bond acceptors (Lipinski definition) is 4. The van der Waals surface area contributed by atoms with Crippen molar-refractivity contribution in [3.05, 3.63) is 65.5 Å². The van der Waals surface area contributed by atoms with Gasteiger partial charge in [0.25, 0.3) is 5.91 Å². The molecule has 0 bridgehead atoms. The molecule has 1 aromatic carbocycles. The molecule has 2 aromatic heterocycles. The maximum Gasteiger partial charge on any atom is 0.274 e. The molecule has 0 aliphatic carbocycles. The van der Waals surface area contributed by atoms with Crippen LogP contribution >= 0.6 is 0 Å². The van der Waals surface area contributed by atoms with E-state index < -0.39 is 0 Å². The first-order valence-electron chi connectivity index (χ1n) is 9.44. The number of likely N-dealkylation sites (tertiary alicyclic amines) is 1. The van der Waals surface area contributed by atoms with Crippen LogP contribution in [0.1, 0.15) is 46.8 Å². The molecule has 0 radical (unpaired) electrons. The molecule has 140 valence electrons. The number of aromatic amines is 1. The van der Waals surface area contributed by atoms with E-state index in [4.69, 9.17) is 0 Å². The number of H-pyrrole nitrogens is 1. The molecule has 1 saturated heterocycles. The number of carbonyl (C=O) groups is 1. The second-order valence-corrected chi connectivity index (χ2v) is 7.13. The average molecular weight is 364 g/mol. The zero-order valence-corrected chi connectivity index (χ0v) is 15.5. The summed E-state index contributed by atoms with van der Waals surface area (Å²) in [6, 6.07) is 12.4. The monoisotopic (exact) mass is 364 g/mol. The van der Waals surface area contributed by atoms with Gasteiger partial charge in [0.1, 0.15) is 17.8 Å². The Morgan fingerprint density at radius 2 is 2.15 bits per heavy atom. The average Bonchev–Trinajstić information content (AvgIpc) is 3.41. The van der Waals surface area contributed by atoms with E-state index in [9.17, 15) is 4.79 Å². The Bertz CT molecular complexity index is 900. The second-order valence-electron chi connectivity index (χ2n) is 7.13. The van der Waals surface area contributed by atoms with Gasteiger partial charge < -0.3 is 9.47 Å². The van der Waals surface area contributed by atoms with Gasteiger partial charge >= 0.3 is 0 Å². The summed E-state index contributed by atoms with van der Waals surface area (Å²) in [6.07, 6.45) is 5.55. The van der Waals surface area contributed by atoms with E-state index in [0.29, 0.717) is 5.69 Å². The quantitative estimate of drug-likeness (QED) is 0.729. The number of rotatable bonds is 6. The first-order chi connectivity index (χ1) is 13.2. The molecule has 1 unspecified atom stereocenters. The number of aryl methyl sites for hydroxylation is 2. The third-order valence-electron chi connectivity index (χ3n) is 5.16. The van der Waals surface area contributed by atoms with Crippen LogP contribution in [0.25, 0.3) is 0 Å². The lowest BCUT2D eigenvalue weighted by Crippen LogP contribution is -2.36. The fourth-order valence-electron chi connectivity index (χ4n) is 3.76. The maximum absolute atomic E-state index is 12.8. The first-order valence-corrected chi connectivity index (χ1v) is 9.44. The van der Waals surface area contributed by atoms with E-state index in [1.165, 1.54) is 5.56 Å². The van der Waals surface area contributed by atoms with Gasteiger partial charge in [0.2, 0.25) is 0 Å². The van der Waals surface area contributed by atoms with Gasteiger partial charge in [-0.3, -0.25) is 9.89 Å². The van der Waals surface area contributed by atoms with Crippen LogP contribution < -0.4 is 0 Å². The van der Waals surface area contributed by atoms with E-state index in [1.807, 2.05) is 36.1 Å². The zero-order chi connectivity index (χ0) is 18.6. The normalized spacial score (nSPS) is 16.8. The van der Waals surface area contributed by atoms with Gasteiger partial charge in [-0.05, 0) is 37.8 Å². The molecule has 3 aromatic rings. The summed E-state index contributed by atoms with van der Waals surface area (Å²) in [5.41, 5.74) is 2.64. The minimum atomic E-state index is 0.0209. The van der Waals surface area contributed by atoms with Crippen LogP contribution in [0.5, 0.6) is 0 Å². The van der Waals surface area contributed by atoms with Crippen LogP contribution in [0.3, 0.4) is 0 Å². The lowest BCUT2D eigenvalue weighted by atomic mass is 10.1. The molecule has 1 fully saturated rings. The molecule has 1 N–H and O–H groups in total. The van der Waals surface area contributed by atoms with Crippen molar-refractivity contribution < 1.29 is 4.79 Å². The Balaban J connectivity index is 1.40. The molecule has 7 nitrogen and oxygen atoms in total. The van der Waals surface area contributed by atoms with Crippen LogP contribution in [-0.4, -0.2) is 48.4 Å². The number of nitrogens with zero attached hydrogens (tertiary/aromatic N) is 5. The predicted octanol–water partition coefficient (Wildman–Crippen LogP) is 2.60. The number of aromatic nitrogens is 5. The van der Waals surface area contributed by atoms with Crippen LogP contribution in [0.2, 0.25) is 0 Å². The second kappa shape index (κ2) is 7.73. The van der Waals surface area contributed by atoms with Crippen molar-refractivity contribution in [1.29, 1.82) is 0 Å². The summed E-state index contributed by atoms with van der Waals surface area (Å²) in [7, 11) is 0. The minimum Gasteiger partial charge on any atom is -0.334 e. The Kier molecular flexibility index (Phi) is 5.00. The fraction of sp³-hybridized carbons (Fsp3) is 0.400. The summed E-state index contributed by atoms with van der Waals surface area (Å²) < 4.78 is 2.09. The Morgan fingerprint density at radius 1 is 1.30 bits per heavy atom. The third-order valence-corrected chi connectivity index (χ3v) is 5.16. The lowest BCUT2D eigenvalue weighted by Gasteiger charge is -2.23. The van der Waals surface area contributed by atoms with E-state index >= 15 is 0 Å². The topological polar surface area (TPSA) is 79.7 Å². The van der Waals surface area contributed by atoms with Crippen molar-refractivity contribution >= 4 is 5.91 Å². The molecule has 3 heterocycles. The summed E-state index contributed by atoms with van der Waals surface area (Å²) in [6.45, 7) is 3.47. The van der Waals surface area contributed by atoms with E-state index in [2.05, 4.69) is 37.1 Å². The van der Waals surface area contributed by atoms with Crippen molar-refractivity contribution in [2.24, 2.45) is 0 Å². The molecule has 7 heteroatoms. The molecule has 1 amide bonds. The lowest BCUT2D eigenvalue weighted by molar-refractivity contribution is 0.0724. The molecule has 1 aliphatic heterocycles. The van der Waals surface area contributed by atoms with Crippen LogP contribution in [-0.2, 0) is 13.0 Å². The maximum atomic E-state index is 12.8. The van der Waals surface area contributed by atoms with Gasteiger partial charge in [-0.25, -0.2) is 0 Å². The van der Waals surface area contributed by atoms with Crippen molar-refractivity contribution in [1.82, 2.24) is 29.9 Å². The highest BCUT2D eigenvalue weighted by molar-refractivity contribution is 5.92. The van der Waals surface area contributed by atoms with E-state index in [1.54, 1.807) is 6.33 Å². The van der Waals surface area contributed by atoms with Gasteiger partial charge in [-0.15, -0.1) is 10.2 Å². The molecule has 0 spiro atoms. The minimum absolute atomic E-state index is 0.0209. The molecule has 1 aliphatic rings. The molecule has 27 heavy (non-hydrogen) atoms. The molecule has 4 rings (SSSR count). The first kappa shape index (κ1) is 17.5. The van der Waals surface area contributed by atoms with E-state index in [0.717, 1.165) is 50.3 Å². The Hall–Kier alpha value is -2.96. The number of carbonyl (C=O) groups excluding carboxylic acids is 1. The van der Waals surface area contributed by atoms with Crippen molar-refractivity contribution in [3.8, 4) is 0 Å². The summed E-state index contributed by atoms with van der Waals surface area (Å²) in [4.78, 5) is 14.7. The SMILES string of the molecule is Cc1cc(C(=O)N2CCCC2CCc2nncn2Cc2ccccc2)n[nH]1. The highest BCUT2D eigenvalue weighted by Gasteiger charge is 2.30. The molecule has 0 saturated carbocycles. The summed E-state index contributed by atoms with van der Waals surface area (Å²) in [5.74, 6) is 0.987. The largest absolute Gasteiger partial charge is 0.334 e. The van der Waals surface area contributed by atoms with Gasteiger partial charge in [0.15, 0.2) is 0 Å². The van der Waals surface area contributed by atoms with Crippen LogP contribution in [0, 0.1) is 6.92 Å². The van der Waals surface area contributed by atoms with Crippen molar-refractivity contribution in [3.63, 3.8) is 0 Å². The zero-order valence-electron chi connectivity index (χ0n) is 15.5. The third kappa shape index (κ3) is 3.92. The Morgan fingerprint density at radius 3 is 2.93 bits per heavy atom. The number of hydrogen-bond donors (Lipinski definition) is 1. The highest BCUT2D eigenvalue weighted by atomic mass is 16.2. The highest BCUT2D eigenvalue weighted by Crippen LogP contribution is 2.23. The van der Waals surface area contributed by atoms with Gasteiger partial charge in [-0.1, -0.05) is 30.3 Å². The summed E-state index contributed by atoms with van der Waals surface area (Å²) in [5, 5.41) is 15.4. The van der Waals surface area contributed by atoms with Crippen molar-refractivity contribution in [2.75, 3.05) is 6.54 Å². The van der Waals surface area contributed by atoms with Gasteiger partial charge in [-0.2, -0.15) is 5.10 Å². The number of benzene rings is 1. The predicted molar refractivity (Wildman–Crippen MR) is 101 cm³/mol. The van der Waals surface area contributed by atoms with E-state index in [-0.39, 0.29) is 11.9 Å².